The Bertz CT molecular complexity index is 983. The zero-order valence-corrected chi connectivity index (χ0v) is 11.6. The predicted molar refractivity (Wildman–Crippen MR) is 81.8 cm³/mol. The van der Waals surface area contributed by atoms with Crippen LogP contribution in [0.5, 0.6) is 0 Å². The second-order valence-corrected chi connectivity index (χ2v) is 5.53. The number of aromatic nitrogens is 1. The van der Waals surface area contributed by atoms with Crippen molar-refractivity contribution in [1.29, 1.82) is 0 Å². The van der Waals surface area contributed by atoms with Crippen LogP contribution < -0.4 is 0 Å². The molecule has 0 fully saturated rings. The first-order valence-electron chi connectivity index (χ1n) is 6.33. The minimum atomic E-state index is -1.02. The average molecular weight is 295 g/mol. The van der Waals surface area contributed by atoms with E-state index >= 15 is 0 Å². The van der Waals surface area contributed by atoms with Gasteiger partial charge in [0.2, 0.25) is 5.89 Å². The lowest BCUT2D eigenvalue weighted by molar-refractivity contribution is 0.0698. The van der Waals surface area contributed by atoms with Crippen LogP contribution >= 0.6 is 11.3 Å². The summed E-state index contributed by atoms with van der Waals surface area (Å²) in [4.78, 5) is 15.7. The van der Waals surface area contributed by atoms with E-state index in [2.05, 4.69) is 4.98 Å². The molecule has 2 aromatic heterocycles. The molecule has 0 aliphatic heterocycles. The molecular formula is C16H9NO3S. The largest absolute Gasteiger partial charge is 0.478 e. The monoisotopic (exact) mass is 295 g/mol. The molecule has 2 heterocycles. The summed E-state index contributed by atoms with van der Waals surface area (Å²) in [6.45, 7) is 0. The van der Waals surface area contributed by atoms with E-state index in [4.69, 9.17) is 4.42 Å². The topological polar surface area (TPSA) is 63.3 Å². The number of carboxylic acid groups (broad SMARTS) is 1. The second-order valence-electron chi connectivity index (χ2n) is 4.62. The van der Waals surface area contributed by atoms with Crippen LogP contribution in [-0.2, 0) is 0 Å². The van der Waals surface area contributed by atoms with Gasteiger partial charge >= 0.3 is 5.97 Å². The molecule has 0 bridgehead atoms. The number of hydrogen-bond donors (Lipinski definition) is 1. The normalized spacial score (nSPS) is 11.2. The average Bonchev–Trinajstić information content (AvgIpc) is 3.09. The quantitative estimate of drug-likeness (QED) is 0.595. The summed E-state index contributed by atoms with van der Waals surface area (Å²) < 4.78 is 6.87. The standard InChI is InChI=1S/C16H9NO3S/c18-16(19)10-5-3-6-12-14(10)20-15(17-12)11-8-21-13-7-2-1-4-9(11)13/h1-8H,(H,18,19). The van der Waals surface area contributed by atoms with Crippen LogP contribution in [0, 0.1) is 0 Å². The van der Waals surface area contributed by atoms with E-state index in [1.54, 1.807) is 23.5 Å². The third kappa shape index (κ3) is 1.82. The lowest BCUT2D eigenvalue weighted by Crippen LogP contribution is -1.95. The number of thiophene rings is 1. The Morgan fingerprint density at radius 2 is 2.00 bits per heavy atom. The molecule has 0 radical (unpaired) electrons. The van der Waals surface area contributed by atoms with E-state index in [1.807, 2.05) is 29.6 Å². The highest BCUT2D eigenvalue weighted by atomic mass is 32.1. The Kier molecular flexibility index (Phi) is 2.55. The van der Waals surface area contributed by atoms with Gasteiger partial charge in [-0.25, -0.2) is 9.78 Å². The van der Waals surface area contributed by atoms with Crippen LogP contribution in [0.2, 0.25) is 0 Å². The number of hydrogen-bond acceptors (Lipinski definition) is 4. The Morgan fingerprint density at radius 3 is 2.86 bits per heavy atom. The number of fused-ring (bicyclic) bond motifs is 2. The van der Waals surface area contributed by atoms with Crippen LogP contribution in [0.4, 0.5) is 0 Å². The van der Waals surface area contributed by atoms with E-state index in [-0.39, 0.29) is 5.56 Å². The summed E-state index contributed by atoms with van der Waals surface area (Å²) in [5.74, 6) is -0.561. The number of rotatable bonds is 2. The predicted octanol–water partition coefficient (Wildman–Crippen LogP) is 4.41. The summed E-state index contributed by atoms with van der Waals surface area (Å²) in [5.41, 5.74) is 1.89. The van der Waals surface area contributed by atoms with E-state index in [0.29, 0.717) is 17.0 Å². The van der Waals surface area contributed by atoms with Crippen molar-refractivity contribution in [3.8, 4) is 11.5 Å². The van der Waals surface area contributed by atoms with Crippen LogP contribution in [0.15, 0.2) is 52.3 Å². The van der Waals surface area contributed by atoms with Crippen molar-refractivity contribution in [2.45, 2.75) is 0 Å². The maximum atomic E-state index is 11.2. The van der Waals surface area contributed by atoms with Gasteiger partial charge < -0.3 is 9.52 Å². The van der Waals surface area contributed by atoms with Crippen molar-refractivity contribution < 1.29 is 14.3 Å². The van der Waals surface area contributed by atoms with E-state index in [9.17, 15) is 9.90 Å². The van der Waals surface area contributed by atoms with Gasteiger partial charge in [0, 0.05) is 15.5 Å². The number of aromatic carboxylic acids is 1. The van der Waals surface area contributed by atoms with E-state index < -0.39 is 5.97 Å². The van der Waals surface area contributed by atoms with Gasteiger partial charge in [0.25, 0.3) is 0 Å². The molecule has 4 aromatic rings. The number of oxazole rings is 1. The number of nitrogens with zero attached hydrogens (tertiary/aromatic N) is 1. The molecule has 0 atom stereocenters. The Labute approximate surface area is 123 Å². The minimum Gasteiger partial charge on any atom is -0.478 e. The van der Waals surface area contributed by atoms with Gasteiger partial charge in [0.1, 0.15) is 11.1 Å². The van der Waals surface area contributed by atoms with Crippen LogP contribution in [0.3, 0.4) is 0 Å². The first kappa shape index (κ1) is 12.1. The van der Waals surface area contributed by atoms with Gasteiger partial charge in [-0.3, -0.25) is 0 Å². The van der Waals surface area contributed by atoms with Crippen molar-refractivity contribution >= 4 is 38.5 Å². The molecule has 0 aliphatic carbocycles. The number of para-hydroxylation sites is 1. The third-order valence-electron chi connectivity index (χ3n) is 3.36. The summed E-state index contributed by atoms with van der Waals surface area (Å²) in [6.07, 6.45) is 0. The van der Waals surface area contributed by atoms with Crippen molar-refractivity contribution in [3.63, 3.8) is 0 Å². The lowest BCUT2D eigenvalue weighted by atomic mass is 10.2. The third-order valence-corrected chi connectivity index (χ3v) is 4.32. The summed E-state index contributed by atoms with van der Waals surface area (Å²) in [6, 6.07) is 12.9. The van der Waals surface area contributed by atoms with Gasteiger partial charge in [-0.15, -0.1) is 11.3 Å². The zero-order chi connectivity index (χ0) is 14.4. The fraction of sp³-hybridized carbons (Fsp3) is 0. The zero-order valence-electron chi connectivity index (χ0n) is 10.7. The Hall–Kier alpha value is -2.66. The van der Waals surface area contributed by atoms with Gasteiger partial charge in [0.05, 0.1) is 5.56 Å². The molecular weight excluding hydrogens is 286 g/mol. The number of benzene rings is 2. The maximum Gasteiger partial charge on any atom is 0.339 e. The Balaban J connectivity index is 1.99. The lowest BCUT2D eigenvalue weighted by Gasteiger charge is -1.94. The SMILES string of the molecule is O=C(O)c1cccc2nc(-c3csc4ccccc34)oc12. The van der Waals surface area contributed by atoms with E-state index in [1.165, 1.54) is 6.07 Å². The summed E-state index contributed by atoms with van der Waals surface area (Å²) >= 11 is 1.61. The molecule has 0 aliphatic rings. The first-order chi connectivity index (χ1) is 10.2. The maximum absolute atomic E-state index is 11.2. The highest BCUT2D eigenvalue weighted by molar-refractivity contribution is 7.17. The van der Waals surface area contributed by atoms with Gasteiger partial charge in [-0.05, 0) is 18.2 Å². The molecule has 0 saturated carbocycles. The number of carbonyl (C=O) groups is 1. The minimum absolute atomic E-state index is 0.130. The van der Waals surface area contributed by atoms with Gasteiger partial charge in [0.15, 0.2) is 5.58 Å². The molecule has 5 heteroatoms. The van der Waals surface area contributed by atoms with Crippen molar-refractivity contribution in [3.05, 3.63) is 53.4 Å². The summed E-state index contributed by atoms with van der Waals surface area (Å²) in [5, 5.41) is 12.3. The Morgan fingerprint density at radius 1 is 1.14 bits per heavy atom. The van der Waals surface area contributed by atoms with Crippen LogP contribution in [-0.4, -0.2) is 16.1 Å². The molecule has 0 spiro atoms. The fourth-order valence-electron chi connectivity index (χ4n) is 2.38. The first-order valence-corrected chi connectivity index (χ1v) is 7.21. The van der Waals surface area contributed by atoms with Crippen molar-refractivity contribution in [2.75, 3.05) is 0 Å². The van der Waals surface area contributed by atoms with Crippen LogP contribution in [0.25, 0.3) is 32.6 Å². The number of carboxylic acids is 1. The van der Waals surface area contributed by atoms with Gasteiger partial charge in [-0.2, -0.15) is 0 Å². The van der Waals surface area contributed by atoms with Crippen molar-refractivity contribution in [2.24, 2.45) is 0 Å². The molecule has 4 nitrogen and oxygen atoms in total. The summed E-state index contributed by atoms with van der Waals surface area (Å²) in [7, 11) is 0. The van der Waals surface area contributed by atoms with Gasteiger partial charge in [-0.1, -0.05) is 24.3 Å². The highest BCUT2D eigenvalue weighted by Gasteiger charge is 2.17. The molecule has 0 amide bonds. The smallest absolute Gasteiger partial charge is 0.339 e. The molecule has 0 saturated heterocycles. The molecule has 102 valence electrons. The fourth-order valence-corrected chi connectivity index (χ4v) is 3.31. The molecule has 21 heavy (non-hydrogen) atoms. The molecule has 4 rings (SSSR count). The second kappa shape index (κ2) is 4.43. The highest BCUT2D eigenvalue weighted by Crippen LogP contribution is 2.35. The van der Waals surface area contributed by atoms with Crippen molar-refractivity contribution in [1.82, 2.24) is 4.98 Å². The van der Waals surface area contributed by atoms with E-state index in [0.717, 1.165) is 15.6 Å². The molecule has 1 N–H and O–H groups in total. The molecule has 2 aromatic carbocycles. The van der Waals surface area contributed by atoms with Crippen LogP contribution in [0.1, 0.15) is 10.4 Å². The molecule has 0 unspecified atom stereocenters.